The summed E-state index contributed by atoms with van der Waals surface area (Å²) in [6.45, 7) is 0.869. The van der Waals surface area contributed by atoms with E-state index in [1.165, 1.54) is 7.05 Å². The van der Waals surface area contributed by atoms with Crippen molar-refractivity contribution in [3.8, 4) is 17.1 Å². The Morgan fingerprint density at radius 1 is 1.14 bits per heavy atom. The Morgan fingerprint density at radius 2 is 1.86 bits per heavy atom. The number of nitrogens with zero attached hydrogens (tertiary/aromatic N) is 5. The Bertz CT molecular complexity index is 1110. The van der Waals surface area contributed by atoms with Gasteiger partial charge in [0, 0.05) is 25.2 Å². The quantitative estimate of drug-likeness (QED) is 0.699. The third-order valence-corrected chi connectivity index (χ3v) is 5.09. The molecular weight excluding hydrogens is 360 g/mol. The van der Waals surface area contributed by atoms with Crippen molar-refractivity contribution in [2.75, 3.05) is 13.2 Å². The first-order chi connectivity index (χ1) is 13.6. The maximum Gasteiger partial charge on any atom is 0.332 e. The monoisotopic (exact) mass is 382 g/mol. The topological polar surface area (TPSA) is 118 Å². The highest BCUT2D eigenvalue weighted by molar-refractivity contribution is 5.71. The van der Waals surface area contributed by atoms with Crippen molar-refractivity contribution in [1.82, 2.24) is 24.3 Å². The summed E-state index contributed by atoms with van der Waals surface area (Å²) in [5.74, 6) is 1.01. The van der Waals surface area contributed by atoms with Crippen molar-refractivity contribution < 1.29 is 4.74 Å². The van der Waals surface area contributed by atoms with Gasteiger partial charge in [0.2, 0.25) is 0 Å². The van der Waals surface area contributed by atoms with Crippen molar-refractivity contribution in [2.45, 2.75) is 31.7 Å². The van der Waals surface area contributed by atoms with Crippen LogP contribution < -0.4 is 21.7 Å². The van der Waals surface area contributed by atoms with Gasteiger partial charge in [-0.25, -0.2) is 9.78 Å². The Balaban J connectivity index is 1.81. The standard InChI is InChI=1S/C19H22N6O3/c1-24-18(26)15-17(25(19(24)27)13-4-2-3-5-13)23-22-16(21-15)12-6-8-14(9-7-12)28-11-10-20/h6-9,13H,2-5,10-11,20H2,1H3. The molecule has 28 heavy (non-hydrogen) atoms. The summed E-state index contributed by atoms with van der Waals surface area (Å²) in [6, 6.07) is 7.20. The summed E-state index contributed by atoms with van der Waals surface area (Å²) in [5, 5.41) is 8.41. The molecule has 2 aromatic heterocycles. The molecule has 9 nitrogen and oxygen atoms in total. The fourth-order valence-electron chi connectivity index (χ4n) is 3.61. The normalized spacial score (nSPS) is 14.6. The van der Waals surface area contributed by atoms with Gasteiger partial charge in [-0.1, -0.05) is 12.8 Å². The zero-order valence-electron chi connectivity index (χ0n) is 15.7. The van der Waals surface area contributed by atoms with Gasteiger partial charge in [0.1, 0.15) is 12.4 Å². The number of benzene rings is 1. The number of nitrogens with two attached hydrogens (primary N) is 1. The molecule has 1 aliphatic rings. The van der Waals surface area contributed by atoms with Crippen LogP contribution in [0.1, 0.15) is 31.7 Å². The summed E-state index contributed by atoms with van der Waals surface area (Å²) >= 11 is 0. The molecule has 1 aromatic carbocycles. The molecule has 0 saturated heterocycles. The lowest BCUT2D eigenvalue weighted by Gasteiger charge is -2.16. The second-order valence-corrected chi connectivity index (χ2v) is 6.92. The highest BCUT2D eigenvalue weighted by atomic mass is 16.5. The van der Waals surface area contributed by atoms with Crippen LogP contribution in [0.5, 0.6) is 5.75 Å². The molecule has 9 heteroatoms. The Hall–Kier alpha value is -3.07. The molecule has 0 radical (unpaired) electrons. The molecule has 0 amide bonds. The highest BCUT2D eigenvalue weighted by Gasteiger charge is 2.24. The van der Waals surface area contributed by atoms with Gasteiger partial charge in [0.15, 0.2) is 17.0 Å². The zero-order valence-corrected chi connectivity index (χ0v) is 15.7. The van der Waals surface area contributed by atoms with Crippen LogP contribution in [0, 0.1) is 0 Å². The highest BCUT2D eigenvalue weighted by Crippen LogP contribution is 2.29. The molecule has 0 aliphatic heterocycles. The van der Waals surface area contributed by atoms with E-state index in [1.54, 1.807) is 28.8 Å². The molecule has 0 spiro atoms. The molecule has 1 aliphatic carbocycles. The van der Waals surface area contributed by atoms with E-state index in [1.807, 2.05) is 0 Å². The van der Waals surface area contributed by atoms with E-state index in [0.717, 1.165) is 30.3 Å². The second-order valence-electron chi connectivity index (χ2n) is 6.92. The molecule has 4 rings (SSSR count). The lowest BCUT2D eigenvalue weighted by Crippen LogP contribution is -2.40. The van der Waals surface area contributed by atoms with Crippen molar-refractivity contribution in [3.05, 3.63) is 45.1 Å². The number of hydrogen-bond acceptors (Lipinski definition) is 7. The maximum atomic E-state index is 12.7. The van der Waals surface area contributed by atoms with Crippen molar-refractivity contribution in [2.24, 2.45) is 12.8 Å². The maximum absolute atomic E-state index is 12.7. The molecule has 2 N–H and O–H groups in total. The fraction of sp³-hybridized carbons (Fsp3) is 0.421. The second kappa shape index (κ2) is 7.51. The summed E-state index contributed by atoms with van der Waals surface area (Å²) in [4.78, 5) is 29.8. The van der Waals surface area contributed by atoms with Gasteiger partial charge in [0.05, 0.1) is 0 Å². The minimum atomic E-state index is -0.465. The van der Waals surface area contributed by atoms with Gasteiger partial charge >= 0.3 is 5.69 Å². The van der Waals surface area contributed by atoms with Gasteiger partial charge in [-0.05, 0) is 37.1 Å². The van der Waals surface area contributed by atoms with E-state index in [9.17, 15) is 9.59 Å². The van der Waals surface area contributed by atoms with Gasteiger partial charge in [-0.15, -0.1) is 10.2 Å². The first-order valence-corrected chi connectivity index (χ1v) is 9.39. The van der Waals surface area contributed by atoms with Gasteiger partial charge in [0.25, 0.3) is 5.56 Å². The first-order valence-electron chi connectivity index (χ1n) is 9.39. The minimum Gasteiger partial charge on any atom is -0.492 e. The van der Waals surface area contributed by atoms with E-state index in [4.69, 9.17) is 10.5 Å². The number of rotatable bonds is 5. The average molecular weight is 382 g/mol. The smallest absolute Gasteiger partial charge is 0.332 e. The predicted octanol–water partition coefficient (Wildman–Crippen LogP) is 1.00. The van der Waals surface area contributed by atoms with Crippen LogP contribution in [0.4, 0.5) is 0 Å². The van der Waals surface area contributed by atoms with Gasteiger partial charge in [-0.2, -0.15) is 0 Å². The Morgan fingerprint density at radius 3 is 2.54 bits per heavy atom. The number of ether oxygens (including phenoxy) is 1. The molecule has 146 valence electrons. The van der Waals surface area contributed by atoms with E-state index in [0.29, 0.717) is 30.3 Å². The fourth-order valence-corrected chi connectivity index (χ4v) is 3.61. The van der Waals surface area contributed by atoms with E-state index < -0.39 is 5.56 Å². The molecule has 1 saturated carbocycles. The Labute approximate surface area is 160 Å². The van der Waals surface area contributed by atoms with Gasteiger partial charge in [-0.3, -0.25) is 13.9 Å². The Kier molecular flexibility index (Phi) is 4.91. The number of aromatic nitrogens is 5. The third kappa shape index (κ3) is 3.18. The van der Waals surface area contributed by atoms with Gasteiger partial charge < -0.3 is 10.5 Å². The van der Waals surface area contributed by atoms with Crippen LogP contribution in [0.3, 0.4) is 0 Å². The number of hydrogen-bond donors (Lipinski definition) is 1. The van der Waals surface area contributed by atoms with Crippen LogP contribution >= 0.6 is 0 Å². The van der Waals surface area contributed by atoms with E-state index >= 15 is 0 Å². The van der Waals surface area contributed by atoms with E-state index in [2.05, 4.69) is 15.2 Å². The lowest BCUT2D eigenvalue weighted by molar-refractivity contribution is 0.328. The molecule has 1 fully saturated rings. The van der Waals surface area contributed by atoms with Crippen molar-refractivity contribution in [3.63, 3.8) is 0 Å². The molecule has 0 unspecified atom stereocenters. The molecule has 3 aromatic rings. The summed E-state index contributed by atoms with van der Waals surface area (Å²) < 4.78 is 8.14. The summed E-state index contributed by atoms with van der Waals surface area (Å²) in [7, 11) is 1.47. The van der Waals surface area contributed by atoms with Crippen LogP contribution in [-0.4, -0.2) is 37.5 Å². The summed E-state index contributed by atoms with van der Waals surface area (Å²) in [5.41, 5.74) is 5.72. The average Bonchev–Trinajstić information content (AvgIpc) is 3.25. The van der Waals surface area contributed by atoms with Crippen LogP contribution in [-0.2, 0) is 7.05 Å². The molecule has 0 atom stereocenters. The van der Waals surface area contributed by atoms with Crippen LogP contribution in [0.25, 0.3) is 22.6 Å². The van der Waals surface area contributed by atoms with E-state index in [-0.39, 0.29) is 22.9 Å². The molecular formula is C19H22N6O3. The largest absolute Gasteiger partial charge is 0.492 e. The number of fused-ring (bicyclic) bond motifs is 1. The predicted molar refractivity (Wildman–Crippen MR) is 104 cm³/mol. The zero-order chi connectivity index (χ0) is 19.7. The van der Waals surface area contributed by atoms with Crippen LogP contribution in [0.15, 0.2) is 33.9 Å². The lowest BCUT2D eigenvalue weighted by atomic mass is 10.2. The molecule has 0 bridgehead atoms. The molecule has 2 heterocycles. The SMILES string of the molecule is Cn1c(=O)c2nc(-c3ccc(OCCN)cc3)nnc2n(C2CCCC2)c1=O. The van der Waals surface area contributed by atoms with Crippen LogP contribution in [0.2, 0.25) is 0 Å². The van der Waals surface area contributed by atoms with Crippen molar-refractivity contribution in [1.29, 1.82) is 0 Å². The first kappa shape index (κ1) is 18.3. The minimum absolute atomic E-state index is 0.0303. The third-order valence-electron chi connectivity index (χ3n) is 5.09. The van der Waals surface area contributed by atoms with Crippen molar-refractivity contribution >= 4 is 11.2 Å². The summed E-state index contributed by atoms with van der Waals surface area (Å²) in [6.07, 6.45) is 3.89.